The van der Waals surface area contributed by atoms with Crippen LogP contribution in [0.25, 0.3) is 0 Å². The number of amides is 1. The lowest BCUT2D eigenvalue weighted by Crippen LogP contribution is -2.43. The summed E-state index contributed by atoms with van der Waals surface area (Å²) in [5, 5.41) is 6.94. The predicted octanol–water partition coefficient (Wildman–Crippen LogP) is 3.46. The standard InChI is InChI=1S/C30H49N3O5/c1-21(2)33(30(35)24-8-7-22(3)29(15-24)38-14-6-13-36-4)20-26-18-31-16-25(26)17-32-19-28(34)23-9-11-27(37-5)12-10-23/h7-8,15,21,23,25-27,31-32H,6,9-14,16-20H2,1-5H3/t23-,25-,26-,27-/m0/s1. The molecule has 38 heavy (non-hydrogen) atoms. The molecule has 2 N–H and O–H groups in total. The van der Waals surface area contributed by atoms with Gasteiger partial charge in [0.15, 0.2) is 0 Å². The largest absolute Gasteiger partial charge is 0.493 e. The first-order valence-corrected chi connectivity index (χ1v) is 14.3. The number of ether oxygens (including phenoxy) is 3. The second kappa shape index (κ2) is 15.6. The lowest BCUT2D eigenvalue weighted by atomic mass is 9.84. The molecule has 0 radical (unpaired) electrons. The fourth-order valence-electron chi connectivity index (χ4n) is 5.61. The Morgan fingerprint density at radius 2 is 1.82 bits per heavy atom. The van der Waals surface area contributed by atoms with E-state index in [4.69, 9.17) is 14.2 Å². The van der Waals surface area contributed by atoms with Gasteiger partial charge in [0.25, 0.3) is 5.91 Å². The molecule has 1 aromatic rings. The van der Waals surface area contributed by atoms with E-state index in [-0.39, 0.29) is 17.9 Å². The molecule has 1 saturated carbocycles. The van der Waals surface area contributed by atoms with Gasteiger partial charge >= 0.3 is 0 Å². The maximum absolute atomic E-state index is 13.6. The fourth-order valence-corrected chi connectivity index (χ4v) is 5.61. The normalized spacial score (nSPS) is 23.5. The number of nitrogens with one attached hydrogen (secondary N) is 2. The molecule has 8 nitrogen and oxygen atoms in total. The molecule has 8 heteroatoms. The van der Waals surface area contributed by atoms with Crippen molar-refractivity contribution >= 4 is 11.7 Å². The van der Waals surface area contributed by atoms with Crippen LogP contribution in [0.2, 0.25) is 0 Å². The van der Waals surface area contributed by atoms with E-state index in [1.807, 2.05) is 30.0 Å². The van der Waals surface area contributed by atoms with Crippen molar-refractivity contribution in [2.75, 3.05) is 60.2 Å². The Morgan fingerprint density at radius 3 is 2.50 bits per heavy atom. The minimum absolute atomic E-state index is 0.0298. The number of nitrogens with zero attached hydrogens (tertiary/aromatic N) is 1. The molecular formula is C30H49N3O5. The highest BCUT2D eigenvalue weighted by atomic mass is 16.5. The Morgan fingerprint density at radius 1 is 1.08 bits per heavy atom. The molecule has 0 unspecified atom stereocenters. The predicted molar refractivity (Wildman–Crippen MR) is 150 cm³/mol. The van der Waals surface area contributed by atoms with Crippen molar-refractivity contribution in [2.45, 2.75) is 65.0 Å². The van der Waals surface area contributed by atoms with Gasteiger partial charge in [0.05, 0.1) is 19.3 Å². The van der Waals surface area contributed by atoms with Gasteiger partial charge in [-0.25, -0.2) is 0 Å². The van der Waals surface area contributed by atoms with Gasteiger partial charge < -0.3 is 29.7 Å². The SMILES string of the molecule is COCCCOc1cc(C(=O)N(C[C@@H]2CNC[C@H]2CNCC(=O)[C@H]2CC[C@H](OC)CC2)C(C)C)ccc1C. The van der Waals surface area contributed by atoms with Gasteiger partial charge in [0, 0.05) is 57.9 Å². The van der Waals surface area contributed by atoms with Crippen molar-refractivity contribution < 1.29 is 23.8 Å². The van der Waals surface area contributed by atoms with Crippen LogP contribution in [-0.4, -0.2) is 88.9 Å². The molecule has 1 aromatic carbocycles. The van der Waals surface area contributed by atoms with E-state index in [0.717, 1.165) is 63.1 Å². The van der Waals surface area contributed by atoms with E-state index >= 15 is 0 Å². The van der Waals surface area contributed by atoms with Crippen molar-refractivity contribution in [1.82, 2.24) is 15.5 Å². The lowest BCUT2D eigenvalue weighted by molar-refractivity contribution is -0.123. The second-order valence-corrected chi connectivity index (χ2v) is 11.2. The number of hydrogen-bond acceptors (Lipinski definition) is 7. The topological polar surface area (TPSA) is 89.1 Å². The summed E-state index contributed by atoms with van der Waals surface area (Å²) in [4.78, 5) is 28.3. The molecule has 214 valence electrons. The summed E-state index contributed by atoms with van der Waals surface area (Å²) >= 11 is 0. The summed E-state index contributed by atoms with van der Waals surface area (Å²) in [5.74, 6) is 1.96. The number of hydrogen-bond donors (Lipinski definition) is 2. The molecule has 1 aliphatic heterocycles. The van der Waals surface area contributed by atoms with Crippen LogP contribution >= 0.6 is 0 Å². The van der Waals surface area contributed by atoms with Gasteiger partial charge in [0.1, 0.15) is 11.5 Å². The molecule has 1 amide bonds. The Labute approximate surface area is 229 Å². The summed E-state index contributed by atoms with van der Waals surface area (Å²) < 4.78 is 16.5. The number of carbonyl (C=O) groups is 2. The first kappa shape index (κ1) is 30.5. The average molecular weight is 532 g/mol. The van der Waals surface area contributed by atoms with Crippen molar-refractivity contribution in [3.63, 3.8) is 0 Å². The molecule has 0 bridgehead atoms. The quantitative estimate of drug-likeness (QED) is 0.335. The highest BCUT2D eigenvalue weighted by molar-refractivity contribution is 5.95. The Balaban J connectivity index is 1.53. The zero-order valence-electron chi connectivity index (χ0n) is 24.1. The molecule has 3 rings (SSSR count). The van der Waals surface area contributed by atoms with E-state index in [9.17, 15) is 9.59 Å². The molecule has 0 spiro atoms. The van der Waals surface area contributed by atoms with E-state index in [1.165, 1.54) is 0 Å². The van der Waals surface area contributed by atoms with Crippen molar-refractivity contribution in [3.05, 3.63) is 29.3 Å². The summed E-state index contributed by atoms with van der Waals surface area (Å²) in [7, 11) is 3.44. The van der Waals surface area contributed by atoms with Crippen LogP contribution in [0.15, 0.2) is 18.2 Å². The van der Waals surface area contributed by atoms with E-state index in [2.05, 4.69) is 24.5 Å². The third-order valence-corrected chi connectivity index (χ3v) is 8.15. The summed E-state index contributed by atoms with van der Waals surface area (Å²) in [6.07, 6.45) is 4.92. The van der Waals surface area contributed by atoms with Crippen molar-refractivity contribution in [2.24, 2.45) is 17.8 Å². The van der Waals surface area contributed by atoms with Gasteiger partial charge in [-0.3, -0.25) is 9.59 Å². The van der Waals surface area contributed by atoms with E-state index in [1.54, 1.807) is 14.2 Å². The molecule has 2 atom stereocenters. The summed E-state index contributed by atoms with van der Waals surface area (Å²) in [5.41, 5.74) is 1.67. The maximum atomic E-state index is 13.6. The minimum atomic E-state index is 0.0298. The minimum Gasteiger partial charge on any atom is -0.493 e. The van der Waals surface area contributed by atoms with Gasteiger partial charge in [-0.15, -0.1) is 0 Å². The number of benzene rings is 1. The molecule has 2 fully saturated rings. The molecule has 1 aliphatic carbocycles. The monoisotopic (exact) mass is 531 g/mol. The van der Waals surface area contributed by atoms with Crippen LogP contribution in [0.5, 0.6) is 5.75 Å². The van der Waals surface area contributed by atoms with Gasteiger partial charge in [0.2, 0.25) is 0 Å². The van der Waals surface area contributed by atoms with Crippen molar-refractivity contribution in [1.29, 1.82) is 0 Å². The zero-order chi connectivity index (χ0) is 27.5. The summed E-state index contributed by atoms with van der Waals surface area (Å²) in [6, 6.07) is 5.80. The van der Waals surface area contributed by atoms with Crippen LogP contribution < -0.4 is 15.4 Å². The first-order chi connectivity index (χ1) is 18.3. The molecule has 1 saturated heterocycles. The van der Waals surface area contributed by atoms with E-state index in [0.29, 0.717) is 55.6 Å². The number of Topliss-reactive ketones (excluding diaryl/α,β-unsaturated/α-hetero) is 1. The molecular weight excluding hydrogens is 482 g/mol. The van der Waals surface area contributed by atoms with Crippen LogP contribution in [0.3, 0.4) is 0 Å². The zero-order valence-corrected chi connectivity index (χ0v) is 24.1. The van der Waals surface area contributed by atoms with Gasteiger partial charge in [-0.1, -0.05) is 6.07 Å². The van der Waals surface area contributed by atoms with Crippen LogP contribution in [-0.2, 0) is 14.3 Å². The van der Waals surface area contributed by atoms with Crippen LogP contribution in [0.4, 0.5) is 0 Å². The fraction of sp³-hybridized carbons (Fsp3) is 0.733. The number of ketones is 1. The Kier molecular flexibility index (Phi) is 12.5. The highest BCUT2D eigenvalue weighted by Crippen LogP contribution is 2.27. The summed E-state index contributed by atoms with van der Waals surface area (Å²) in [6.45, 7) is 11.0. The number of methoxy groups -OCH3 is 2. The third-order valence-electron chi connectivity index (χ3n) is 8.15. The number of carbonyl (C=O) groups excluding carboxylic acids is 2. The molecule has 2 aliphatic rings. The number of rotatable bonds is 15. The van der Waals surface area contributed by atoms with Gasteiger partial charge in [-0.05, 0) is 89.1 Å². The maximum Gasteiger partial charge on any atom is 0.254 e. The van der Waals surface area contributed by atoms with Crippen molar-refractivity contribution in [3.8, 4) is 5.75 Å². The lowest BCUT2D eigenvalue weighted by Gasteiger charge is -2.32. The van der Waals surface area contributed by atoms with E-state index < -0.39 is 0 Å². The third kappa shape index (κ3) is 8.76. The number of aryl methyl sites for hydroxylation is 1. The average Bonchev–Trinajstić information content (AvgIpc) is 3.37. The Bertz CT molecular complexity index is 885. The Hall–Kier alpha value is -2.00. The smallest absolute Gasteiger partial charge is 0.254 e. The van der Waals surface area contributed by atoms with Crippen LogP contribution in [0.1, 0.15) is 61.9 Å². The second-order valence-electron chi connectivity index (χ2n) is 11.2. The first-order valence-electron chi connectivity index (χ1n) is 14.3. The molecule has 0 aromatic heterocycles. The molecule has 1 heterocycles. The van der Waals surface area contributed by atoms with Gasteiger partial charge in [-0.2, -0.15) is 0 Å². The highest BCUT2D eigenvalue weighted by Gasteiger charge is 2.32. The van der Waals surface area contributed by atoms with Crippen LogP contribution in [0, 0.1) is 24.7 Å².